The highest BCUT2D eigenvalue weighted by Crippen LogP contribution is 2.50. The van der Waals surface area contributed by atoms with Gasteiger partial charge in [-0.3, -0.25) is 28.0 Å². The highest BCUT2D eigenvalue weighted by atomic mass is 31.2. The number of fused-ring (bicyclic) bond motifs is 2. The summed E-state index contributed by atoms with van der Waals surface area (Å²) >= 11 is 0. The molecule has 2 saturated heterocycles. The summed E-state index contributed by atoms with van der Waals surface area (Å²) in [5.74, 6) is 0.00288. The van der Waals surface area contributed by atoms with Crippen LogP contribution in [0.15, 0.2) is 23.8 Å². The van der Waals surface area contributed by atoms with E-state index in [4.69, 9.17) is 30.0 Å². The maximum atomic E-state index is 12.9. The molecule has 214 valence electrons. The summed E-state index contributed by atoms with van der Waals surface area (Å²) in [5, 5.41) is 20.2. The summed E-state index contributed by atoms with van der Waals surface area (Å²) in [5.41, 5.74) is 11.6. The molecule has 20 heteroatoms. The molecule has 0 saturated carbocycles. The lowest BCUT2D eigenvalue weighted by Gasteiger charge is -2.23. The van der Waals surface area contributed by atoms with Gasteiger partial charge in [-0.2, -0.15) is 4.98 Å². The Bertz CT molecular complexity index is 1660. The van der Waals surface area contributed by atoms with Crippen molar-refractivity contribution in [1.29, 1.82) is 0 Å². The fourth-order valence-electron chi connectivity index (χ4n) is 4.83. The number of hydrogen-bond donors (Lipinski definition) is 6. The molecule has 0 aliphatic carbocycles. The predicted octanol–water partition coefficient (Wildman–Crippen LogP) is -1.45. The molecule has 0 aromatic carbocycles. The topological polar surface area (TPSA) is 274 Å². The second-order valence-corrected chi connectivity index (χ2v) is 10.7. The van der Waals surface area contributed by atoms with Crippen LogP contribution in [-0.4, -0.2) is 91.8 Å². The van der Waals surface area contributed by atoms with Gasteiger partial charge in [-0.25, -0.2) is 24.5 Å². The number of phosphoric ester groups is 1. The first kappa shape index (κ1) is 26.7. The van der Waals surface area contributed by atoms with Gasteiger partial charge in [0.25, 0.3) is 5.56 Å². The van der Waals surface area contributed by atoms with Crippen LogP contribution in [0.4, 0.5) is 11.8 Å². The van der Waals surface area contributed by atoms with Crippen molar-refractivity contribution in [3.63, 3.8) is 0 Å². The Kier molecular flexibility index (Phi) is 6.75. The van der Waals surface area contributed by atoms with Crippen molar-refractivity contribution >= 4 is 41.9 Å². The van der Waals surface area contributed by atoms with E-state index in [1.807, 2.05) is 0 Å². The van der Waals surface area contributed by atoms with E-state index in [1.54, 1.807) is 0 Å². The highest BCUT2D eigenvalue weighted by molar-refractivity contribution is 7.47. The predicted molar refractivity (Wildman–Crippen MR) is 133 cm³/mol. The highest BCUT2D eigenvalue weighted by Gasteiger charge is 2.44. The van der Waals surface area contributed by atoms with E-state index < -0.39 is 63.5 Å². The van der Waals surface area contributed by atoms with Crippen LogP contribution in [0, 0.1) is 0 Å². The molecular formula is C20H25N10O9P. The third kappa shape index (κ3) is 4.82. The summed E-state index contributed by atoms with van der Waals surface area (Å²) in [6.45, 7) is -0.793. The van der Waals surface area contributed by atoms with E-state index in [-0.39, 0.29) is 35.8 Å². The SMILES string of the molecule is Nc1nc2c(ncn2[C@@H]2O[C@H](CO)C[C@H]2OP(=O)(O)OC[C@@H]2C[C@@H](O)[C@H](n3cnc4c(N)ncnc43)O2)c(=O)[nH]1. The number of phosphoric acid groups is 1. The molecule has 2 aliphatic rings. The number of anilines is 2. The minimum atomic E-state index is -4.72. The van der Waals surface area contributed by atoms with Crippen molar-refractivity contribution in [2.75, 3.05) is 24.7 Å². The molecule has 4 aromatic heterocycles. The molecule has 0 radical (unpaired) electrons. The molecule has 2 fully saturated rings. The fraction of sp³-hybridized carbons (Fsp3) is 0.500. The molecule has 1 unspecified atom stereocenters. The van der Waals surface area contributed by atoms with Gasteiger partial charge < -0.3 is 36.0 Å². The van der Waals surface area contributed by atoms with Crippen molar-refractivity contribution in [3.05, 3.63) is 29.3 Å². The van der Waals surface area contributed by atoms with Crippen LogP contribution in [0.3, 0.4) is 0 Å². The molecule has 7 atom stereocenters. The molecule has 0 amide bonds. The van der Waals surface area contributed by atoms with Crippen molar-refractivity contribution in [2.45, 2.75) is 49.7 Å². The Morgan fingerprint density at radius 1 is 1.05 bits per heavy atom. The molecule has 0 spiro atoms. The minimum Gasteiger partial charge on any atom is -0.394 e. The average Bonchev–Trinajstić information content (AvgIpc) is 3.68. The van der Waals surface area contributed by atoms with E-state index in [9.17, 15) is 24.5 Å². The number of aliphatic hydroxyl groups excluding tert-OH is 2. The maximum Gasteiger partial charge on any atom is 0.472 e. The summed E-state index contributed by atoms with van der Waals surface area (Å²) in [4.78, 5) is 45.2. The van der Waals surface area contributed by atoms with Gasteiger partial charge in [0, 0.05) is 12.8 Å². The molecule has 2 aliphatic heterocycles. The largest absolute Gasteiger partial charge is 0.472 e. The first-order valence-electron chi connectivity index (χ1n) is 12.0. The first-order valence-corrected chi connectivity index (χ1v) is 13.5. The normalized spacial score (nSPS) is 28.5. The quantitative estimate of drug-likeness (QED) is 0.130. The number of imidazole rings is 2. The zero-order valence-electron chi connectivity index (χ0n) is 20.5. The first-order chi connectivity index (χ1) is 19.1. The summed E-state index contributed by atoms with van der Waals surface area (Å²) in [6.07, 6.45) is -1.60. The minimum absolute atomic E-state index is 0.0207. The van der Waals surface area contributed by atoms with Gasteiger partial charge in [-0.1, -0.05) is 0 Å². The van der Waals surface area contributed by atoms with E-state index >= 15 is 0 Å². The molecular weight excluding hydrogens is 555 g/mol. The third-order valence-electron chi connectivity index (χ3n) is 6.59. The molecule has 6 rings (SSSR count). The lowest BCUT2D eigenvalue weighted by Crippen LogP contribution is -2.24. The standard InChI is InChI=1S/C20H25N10O9P/c21-14-12-15(24-5-23-14)29(6-25-12)18-10(32)1-9(38-18)4-36-40(34,35)39-11-2-8(3-31)37-19(11)30-7-26-13-16(30)27-20(22)28-17(13)33/h5-11,18-19,31-32H,1-4H2,(H,34,35)(H2,21,23,24)(H3,22,27,28,33)/t8-,9-,10+,11+,18+,19+/m0/s1. The van der Waals surface area contributed by atoms with Crippen LogP contribution in [0.1, 0.15) is 25.3 Å². The molecule has 6 heterocycles. The van der Waals surface area contributed by atoms with Crippen LogP contribution in [0.2, 0.25) is 0 Å². The lowest BCUT2D eigenvalue weighted by molar-refractivity contribution is -0.0589. The van der Waals surface area contributed by atoms with Crippen LogP contribution in [0.5, 0.6) is 0 Å². The van der Waals surface area contributed by atoms with E-state index in [0.717, 1.165) is 0 Å². The number of ether oxygens (including phenoxy) is 2. The van der Waals surface area contributed by atoms with Crippen LogP contribution in [-0.2, 0) is 23.1 Å². The van der Waals surface area contributed by atoms with Gasteiger partial charge in [0.05, 0.1) is 38.1 Å². The van der Waals surface area contributed by atoms with Gasteiger partial charge in [0.15, 0.2) is 35.1 Å². The smallest absolute Gasteiger partial charge is 0.394 e. The number of nitrogens with one attached hydrogen (secondary N) is 1. The van der Waals surface area contributed by atoms with Gasteiger partial charge in [-0.15, -0.1) is 0 Å². The number of aromatic amines is 1. The Balaban J connectivity index is 1.14. The summed E-state index contributed by atoms with van der Waals surface area (Å²) in [6, 6.07) is 0. The fourth-order valence-corrected chi connectivity index (χ4v) is 5.77. The Labute approximate surface area is 223 Å². The van der Waals surface area contributed by atoms with E-state index in [0.29, 0.717) is 11.2 Å². The molecule has 40 heavy (non-hydrogen) atoms. The number of hydrogen-bond acceptors (Lipinski definition) is 15. The number of aliphatic hydroxyl groups is 2. The van der Waals surface area contributed by atoms with Crippen molar-refractivity contribution in [3.8, 4) is 0 Å². The zero-order valence-corrected chi connectivity index (χ0v) is 21.4. The van der Waals surface area contributed by atoms with E-state index in [1.165, 1.54) is 28.1 Å². The van der Waals surface area contributed by atoms with E-state index in [2.05, 4.69) is 29.9 Å². The Morgan fingerprint density at radius 2 is 1.77 bits per heavy atom. The van der Waals surface area contributed by atoms with Crippen molar-refractivity contribution in [1.82, 2.24) is 39.0 Å². The molecule has 8 N–H and O–H groups in total. The Morgan fingerprint density at radius 3 is 2.55 bits per heavy atom. The van der Waals surface area contributed by atoms with Gasteiger partial charge in [-0.05, 0) is 0 Å². The Hall–Kier alpha value is -3.55. The maximum absolute atomic E-state index is 12.9. The van der Waals surface area contributed by atoms with Gasteiger partial charge >= 0.3 is 7.82 Å². The van der Waals surface area contributed by atoms with Crippen molar-refractivity contribution in [2.24, 2.45) is 0 Å². The van der Waals surface area contributed by atoms with Gasteiger partial charge in [0.1, 0.15) is 24.1 Å². The van der Waals surface area contributed by atoms with Crippen LogP contribution in [0.25, 0.3) is 22.3 Å². The summed E-state index contributed by atoms with van der Waals surface area (Å²) in [7, 11) is -4.72. The number of nitrogens with zero attached hydrogens (tertiary/aromatic N) is 7. The van der Waals surface area contributed by atoms with Gasteiger partial charge in [0.2, 0.25) is 5.95 Å². The molecule has 0 bridgehead atoms. The average molecular weight is 580 g/mol. The van der Waals surface area contributed by atoms with Crippen molar-refractivity contribution < 1.29 is 38.2 Å². The second kappa shape index (κ2) is 10.1. The van der Waals surface area contributed by atoms with Crippen LogP contribution >= 0.6 is 7.82 Å². The lowest BCUT2D eigenvalue weighted by atomic mass is 10.2. The molecule has 4 aromatic rings. The number of H-pyrrole nitrogens is 1. The number of aromatic nitrogens is 8. The van der Waals surface area contributed by atoms with Crippen LogP contribution < -0.4 is 17.0 Å². The number of nitrogens with two attached hydrogens (primary N) is 2. The number of rotatable bonds is 8. The monoisotopic (exact) mass is 580 g/mol. The second-order valence-electron chi connectivity index (χ2n) is 9.29. The number of nitrogen functional groups attached to an aromatic ring is 2. The summed E-state index contributed by atoms with van der Waals surface area (Å²) < 4.78 is 38.0. The third-order valence-corrected chi connectivity index (χ3v) is 7.60. The molecule has 19 nitrogen and oxygen atoms in total. The zero-order chi connectivity index (χ0) is 28.2.